The lowest BCUT2D eigenvalue weighted by molar-refractivity contribution is 0.0925. The standard InChI is InChI=1S/C17H15N3O2/c21-17(19-11-9-18-10-11)13-8-15(16-6-3-7-22-16)20-14-5-2-1-4-12(13)14/h1-8,11,18H,9-10H2,(H,19,21). The Morgan fingerprint density at radius 3 is 2.82 bits per heavy atom. The van der Waals surface area contributed by atoms with Crippen molar-refractivity contribution in [2.45, 2.75) is 6.04 Å². The number of rotatable bonds is 3. The van der Waals surface area contributed by atoms with Gasteiger partial charge in [-0.25, -0.2) is 4.98 Å². The van der Waals surface area contributed by atoms with Crippen LogP contribution in [0.2, 0.25) is 0 Å². The summed E-state index contributed by atoms with van der Waals surface area (Å²) in [6, 6.07) is 13.3. The summed E-state index contributed by atoms with van der Waals surface area (Å²) in [7, 11) is 0. The maximum atomic E-state index is 12.6. The number of fused-ring (bicyclic) bond motifs is 1. The van der Waals surface area contributed by atoms with Gasteiger partial charge in [0.1, 0.15) is 5.69 Å². The van der Waals surface area contributed by atoms with E-state index in [1.165, 1.54) is 0 Å². The van der Waals surface area contributed by atoms with Gasteiger partial charge in [0.25, 0.3) is 5.91 Å². The molecule has 0 bridgehead atoms. The zero-order valence-electron chi connectivity index (χ0n) is 11.9. The predicted octanol–water partition coefficient (Wildman–Crippen LogP) is 2.20. The van der Waals surface area contributed by atoms with E-state index in [4.69, 9.17) is 4.42 Å². The van der Waals surface area contributed by atoms with E-state index in [2.05, 4.69) is 15.6 Å². The average molecular weight is 293 g/mol. The van der Waals surface area contributed by atoms with Gasteiger partial charge in [-0.2, -0.15) is 0 Å². The summed E-state index contributed by atoms with van der Waals surface area (Å²) in [4.78, 5) is 17.2. The number of amides is 1. The molecule has 5 heteroatoms. The van der Waals surface area contributed by atoms with Gasteiger partial charge < -0.3 is 15.1 Å². The van der Waals surface area contributed by atoms with E-state index in [-0.39, 0.29) is 11.9 Å². The Hall–Kier alpha value is -2.66. The van der Waals surface area contributed by atoms with Crippen molar-refractivity contribution in [3.63, 3.8) is 0 Å². The number of carbonyl (C=O) groups is 1. The molecule has 0 atom stereocenters. The first-order valence-corrected chi connectivity index (χ1v) is 7.26. The SMILES string of the molecule is O=C(NC1CNC1)c1cc(-c2ccco2)nc2ccccc12. The molecule has 1 aliphatic heterocycles. The van der Waals surface area contributed by atoms with Crippen LogP contribution >= 0.6 is 0 Å². The third-order valence-electron chi connectivity index (χ3n) is 3.85. The Morgan fingerprint density at radius 2 is 2.09 bits per heavy atom. The van der Waals surface area contributed by atoms with E-state index in [0.29, 0.717) is 17.0 Å². The second-order valence-electron chi connectivity index (χ2n) is 5.38. The number of furan rings is 1. The molecule has 2 aromatic heterocycles. The molecule has 5 nitrogen and oxygen atoms in total. The molecule has 0 saturated carbocycles. The first kappa shape index (κ1) is 13.0. The first-order chi connectivity index (χ1) is 10.8. The second-order valence-corrected chi connectivity index (χ2v) is 5.38. The van der Waals surface area contributed by atoms with Gasteiger partial charge in [0.2, 0.25) is 0 Å². The summed E-state index contributed by atoms with van der Waals surface area (Å²) < 4.78 is 5.41. The third-order valence-corrected chi connectivity index (χ3v) is 3.85. The van der Waals surface area contributed by atoms with Crippen LogP contribution < -0.4 is 10.6 Å². The lowest BCUT2D eigenvalue weighted by Crippen LogP contribution is -2.56. The molecular formula is C17H15N3O2. The van der Waals surface area contributed by atoms with E-state index in [9.17, 15) is 4.79 Å². The molecule has 3 aromatic rings. The summed E-state index contributed by atoms with van der Waals surface area (Å²) in [5.74, 6) is 0.586. The lowest BCUT2D eigenvalue weighted by atomic mass is 10.0. The van der Waals surface area contributed by atoms with Crippen molar-refractivity contribution >= 4 is 16.8 Å². The molecule has 110 valence electrons. The minimum Gasteiger partial charge on any atom is -0.463 e. The first-order valence-electron chi connectivity index (χ1n) is 7.26. The maximum absolute atomic E-state index is 12.6. The lowest BCUT2D eigenvalue weighted by Gasteiger charge is -2.28. The molecule has 22 heavy (non-hydrogen) atoms. The molecule has 4 rings (SSSR count). The Labute approximate surface area is 127 Å². The van der Waals surface area contributed by atoms with Crippen LogP contribution in [0.1, 0.15) is 10.4 Å². The number of hydrogen-bond acceptors (Lipinski definition) is 4. The third kappa shape index (κ3) is 2.25. The maximum Gasteiger partial charge on any atom is 0.252 e. The van der Waals surface area contributed by atoms with Crippen molar-refractivity contribution in [3.8, 4) is 11.5 Å². The van der Waals surface area contributed by atoms with Crippen molar-refractivity contribution < 1.29 is 9.21 Å². The van der Waals surface area contributed by atoms with Crippen LogP contribution in [0, 0.1) is 0 Å². The van der Waals surface area contributed by atoms with Gasteiger partial charge in [0, 0.05) is 18.5 Å². The summed E-state index contributed by atoms with van der Waals surface area (Å²) in [5.41, 5.74) is 2.08. The molecule has 1 aromatic carbocycles. The number of nitrogens with zero attached hydrogens (tertiary/aromatic N) is 1. The van der Waals surface area contributed by atoms with Gasteiger partial charge in [-0.1, -0.05) is 18.2 Å². The highest BCUT2D eigenvalue weighted by Gasteiger charge is 2.21. The van der Waals surface area contributed by atoms with Crippen molar-refractivity contribution in [2.75, 3.05) is 13.1 Å². The average Bonchev–Trinajstić information content (AvgIpc) is 3.04. The van der Waals surface area contributed by atoms with Crippen LogP contribution in [0.4, 0.5) is 0 Å². The molecule has 0 spiro atoms. The molecular weight excluding hydrogens is 278 g/mol. The molecule has 0 aliphatic carbocycles. The molecule has 1 aliphatic rings. The molecule has 1 saturated heterocycles. The van der Waals surface area contributed by atoms with Gasteiger partial charge in [0.15, 0.2) is 5.76 Å². The van der Waals surface area contributed by atoms with Crippen molar-refractivity contribution in [1.29, 1.82) is 0 Å². The van der Waals surface area contributed by atoms with Crippen LogP contribution in [-0.2, 0) is 0 Å². The highest BCUT2D eigenvalue weighted by Crippen LogP contribution is 2.25. The Morgan fingerprint density at radius 1 is 1.23 bits per heavy atom. The fraction of sp³-hybridized carbons (Fsp3) is 0.176. The van der Waals surface area contributed by atoms with Gasteiger partial charge in [-0.05, 0) is 24.3 Å². The number of aromatic nitrogens is 1. The van der Waals surface area contributed by atoms with E-state index in [1.54, 1.807) is 12.3 Å². The number of pyridine rings is 1. The molecule has 2 N–H and O–H groups in total. The Bertz CT molecular complexity index is 823. The topological polar surface area (TPSA) is 67.2 Å². The molecule has 1 fully saturated rings. The summed E-state index contributed by atoms with van der Waals surface area (Å²) >= 11 is 0. The Balaban J connectivity index is 1.81. The van der Waals surface area contributed by atoms with Gasteiger partial charge in [-0.15, -0.1) is 0 Å². The van der Waals surface area contributed by atoms with Crippen molar-refractivity contribution in [2.24, 2.45) is 0 Å². The van der Waals surface area contributed by atoms with E-state index < -0.39 is 0 Å². The smallest absolute Gasteiger partial charge is 0.252 e. The number of carbonyl (C=O) groups excluding carboxylic acids is 1. The van der Waals surface area contributed by atoms with Crippen LogP contribution in [0.3, 0.4) is 0 Å². The summed E-state index contributed by atoms with van der Waals surface area (Å²) in [5, 5.41) is 7.03. The number of nitrogens with one attached hydrogen (secondary N) is 2. The normalized spacial score (nSPS) is 14.7. The fourth-order valence-electron chi connectivity index (χ4n) is 2.57. The van der Waals surface area contributed by atoms with Crippen molar-refractivity contribution in [1.82, 2.24) is 15.6 Å². The quantitative estimate of drug-likeness (QED) is 0.777. The molecule has 0 radical (unpaired) electrons. The van der Waals surface area contributed by atoms with E-state index in [0.717, 1.165) is 24.0 Å². The molecule has 0 unspecified atom stereocenters. The number of hydrogen-bond donors (Lipinski definition) is 2. The Kier molecular flexibility index (Phi) is 3.12. The van der Waals surface area contributed by atoms with Crippen LogP contribution in [0.25, 0.3) is 22.4 Å². The second kappa shape index (κ2) is 5.27. The fourth-order valence-corrected chi connectivity index (χ4v) is 2.57. The molecule has 3 heterocycles. The van der Waals surface area contributed by atoms with Crippen LogP contribution in [-0.4, -0.2) is 30.0 Å². The highest BCUT2D eigenvalue weighted by atomic mass is 16.3. The predicted molar refractivity (Wildman–Crippen MR) is 83.6 cm³/mol. The largest absolute Gasteiger partial charge is 0.463 e. The molecule has 1 amide bonds. The van der Waals surface area contributed by atoms with E-state index >= 15 is 0 Å². The van der Waals surface area contributed by atoms with Crippen molar-refractivity contribution in [3.05, 3.63) is 54.3 Å². The van der Waals surface area contributed by atoms with Gasteiger partial charge in [-0.3, -0.25) is 4.79 Å². The highest BCUT2D eigenvalue weighted by molar-refractivity contribution is 6.07. The van der Waals surface area contributed by atoms with Gasteiger partial charge in [0.05, 0.1) is 23.4 Å². The van der Waals surface area contributed by atoms with E-state index in [1.807, 2.05) is 36.4 Å². The summed E-state index contributed by atoms with van der Waals surface area (Å²) in [6.07, 6.45) is 1.60. The zero-order valence-corrected chi connectivity index (χ0v) is 11.9. The minimum atomic E-state index is -0.0714. The number of benzene rings is 1. The monoisotopic (exact) mass is 293 g/mol. The number of para-hydroxylation sites is 1. The van der Waals surface area contributed by atoms with Crippen LogP contribution in [0.15, 0.2) is 53.1 Å². The minimum absolute atomic E-state index is 0.0714. The van der Waals surface area contributed by atoms with Gasteiger partial charge >= 0.3 is 0 Å². The van der Waals surface area contributed by atoms with Crippen LogP contribution in [0.5, 0.6) is 0 Å². The zero-order chi connectivity index (χ0) is 14.9. The summed E-state index contributed by atoms with van der Waals surface area (Å²) in [6.45, 7) is 1.64.